The second kappa shape index (κ2) is 11.6. The number of piperidine rings is 1. The lowest BCUT2D eigenvalue weighted by molar-refractivity contribution is -0.0104. The first-order valence-electron chi connectivity index (χ1n) is 11.4. The van der Waals surface area contributed by atoms with Crippen LogP contribution in [0.2, 0.25) is 0 Å². The summed E-state index contributed by atoms with van der Waals surface area (Å²) in [5.41, 5.74) is 0.219. The van der Waals surface area contributed by atoms with E-state index in [0.29, 0.717) is 0 Å². The lowest BCUT2D eigenvalue weighted by Gasteiger charge is -2.42. The minimum atomic E-state index is 0.219. The van der Waals surface area contributed by atoms with E-state index in [1.165, 1.54) is 50.2 Å². The predicted octanol–water partition coefficient (Wildman–Crippen LogP) is 2.01. The number of hydrogen-bond donors (Lipinski definition) is 2. The average molecular weight is 412 g/mol. The van der Waals surface area contributed by atoms with Gasteiger partial charge < -0.3 is 15.4 Å². The molecule has 6 nitrogen and oxygen atoms in total. The van der Waals surface area contributed by atoms with Crippen molar-refractivity contribution in [2.45, 2.75) is 57.5 Å². The topological polar surface area (TPSA) is 52.1 Å². The third kappa shape index (κ3) is 6.00. The van der Waals surface area contributed by atoms with Gasteiger partial charge in [0.1, 0.15) is 0 Å². The average Bonchev–Trinajstić information content (AvgIpc) is 3.23. The smallest absolute Gasteiger partial charge is 0.191 e. The Hall–Kier alpha value is -0.500. The predicted molar refractivity (Wildman–Crippen MR) is 121 cm³/mol. The minimum absolute atomic E-state index is 0.219. The number of thioether (sulfide) groups is 1. The molecule has 3 aliphatic heterocycles. The summed E-state index contributed by atoms with van der Waals surface area (Å²) in [5, 5.41) is 7.06. The van der Waals surface area contributed by atoms with E-state index >= 15 is 0 Å². The van der Waals surface area contributed by atoms with E-state index in [4.69, 9.17) is 9.73 Å². The number of ether oxygens (including phenoxy) is 1. The second-order valence-corrected chi connectivity index (χ2v) is 9.45. The third-order valence-corrected chi connectivity index (χ3v) is 7.79. The van der Waals surface area contributed by atoms with Crippen LogP contribution in [0.5, 0.6) is 0 Å². The molecule has 3 heterocycles. The fraction of sp³-hybridized carbons (Fsp3) is 0.952. The van der Waals surface area contributed by atoms with Crippen LogP contribution in [-0.4, -0.2) is 97.9 Å². The molecule has 28 heavy (non-hydrogen) atoms. The highest BCUT2D eigenvalue weighted by atomic mass is 32.2. The number of guanidine groups is 1. The first-order chi connectivity index (χ1) is 13.8. The molecule has 0 bridgehead atoms. The van der Waals surface area contributed by atoms with E-state index < -0.39 is 0 Å². The van der Waals surface area contributed by atoms with Crippen molar-refractivity contribution >= 4 is 17.7 Å². The van der Waals surface area contributed by atoms with E-state index in [1.54, 1.807) is 0 Å². The quantitative estimate of drug-likeness (QED) is 0.471. The molecule has 0 aromatic rings. The van der Waals surface area contributed by atoms with E-state index in [-0.39, 0.29) is 5.54 Å². The molecule has 3 aliphatic rings. The summed E-state index contributed by atoms with van der Waals surface area (Å²) in [6.07, 6.45) is 6.63. The molecule has 0 aromatic heterocycles. The Labute approximate surface area is 176 Å². The number of likely N-dealkylation sites (tertiary alicyclic amines) is 1. The molecule has 3 saturated heterocycles. The van der Waals surface area contributed by atoms with Gasteiger partial charge in [0.05, 0.1) is 25.3 Å². The number of rotatable bonds is 8. The SMILES string of the molecule is CCNC(=NCC1(N2CCOCC2)CCSC1)NCCN1CCCCC1CC. The molecule has 3 fully saturated rings. The summed E-state index contributed by atoms with van der Waals surface area (Å²) in [4.78, 5) is 10.4. The first-order valence-corrected chi connectivity index (χ1v) is 12.6. The van der Waals surface area contributed by atoms with Crippen molar-refractivity contribution in [2.75, 3.05) is 70.5 Å². The molecule has 3 rings (SSSR count). The highest BCUT2D eigenvalue weighted by molar-refractivity contribution is 7.99. The van der Waals surface area contributed by atoms with Gasteiger partial charge in [0, 0.05) is 44.5 Å². The van der Waals surface area contributed by atoms with Crippen molar-refractivity contribution in [2.24, 2.45) is 4.99 Å². The molecule has 162 valence electrons. The summed E-state index contributed by atoms with van der Waals surface area (Å²) in [7, 11) is 0. The summed E-state index contributed by atoms with van der Waals surface area (Å²) in [6.45, 7) is 13.4. The molecule has 0 amide bonds. The molecule has 0 aliphatic carbocycles. The van der Waals surface area contributed by atoms with E-state index in [0.717, 1.165) is 64.5 Å². The summed E-state index contributed by atoms with van der Waals surface area (Å²) >= 11 is 2.08. The lowest BCUT2D eigenvalue weighted by atomic mass is 9.96. The van der Waals surface area contributed by atoms with Crippen molar-refractivity contribution in [3.63, 3.8) is 0 Å². The number of morpholine rings is 1. The lowest BCUT2D eigenvalue weighted by Crippen LogP contribution is -2.56. The monoisotopic (exact) mass is 411 g/mol. The van der Waals surface area contributed by atoms with E-state index in [1.807, 2.05) is 0 Å². The normalized spacial score (nSPS) is 30.5. The van der Waals surface area contributed by atoms with Crippen LogP contribution in [-0.2, 0) is 4.74 Å². The van der Waals surface area contributed by atoms with Gasteiger partial charge in [-0.1, -0.05) is 13.3 Å². The maximum Gasteiger partial charge on any atom is 0.191 e. The van der Waals surface area contributed by atoms with Crippen LogP contribution in [0.4, 0.5) is 0 Å². The van der Waals surface area contributed by atoms with Crippen molar-refractivity contribution < 1.29 is 4.74 Å². The Morgan fingerprint density at radius 3 is 2.75 bits per heavy atom. The Bertz CT molecular complexity index is 477. The van der Waals surface area contributed by atoms with Gasteiger partial charge in [-0.2, -0.15) is 11.8 Å². The Balaban J connectivity index is 1.53. The Kier molecular flexibility index (Phi) is 9.21. The van der Waals surface area contributed by atoms with Crippen LogP contribution in [0.15, 0.2) is 4.99 Å². The third-order valence-electron chi connectivity index (χ3n) is 6.55. The van der Waals surface area contributed by atoms with Crippen LogP contribution >= 0.6 is 11.8 Å². The Morgan fingerprint density at radius 1 is 1.18 bits per heavy atom. The second-order valence-electron chi connectivity index (χ2n) is 8.34. The molecule has 0 aromatic carbocycles. The fourth-order valence-corrected chi connectivity index (χ4v) is 6.28. The van der Waals surface area contributed by atoms with Crippen LogP contribution in [0.25, 0.3) is 0 Å². The molecule has 2 atom stereocenters. The van der Waals surface area contributed by atoms with E-state index in [9.17, 15) is 0 Å². The molecule has 2 unspecified atom stereocenters. The minimum Gasteiger partial charge on any atom is -0.379 e. The van der Waals surface area contributed by atoms with Gasteiger partial charge in [-0.15, -0.1) is 0 Å². The standard InChI is InChI=1S/C21H41N5OS/c1-3-19-7-5-6-10-25(19)11-9-23-20(22-4-2)24-17-21(8-16-28-18-21)26-12-14-27-15-13-26/h19H,3-18H2,1-2H3,(H2,22,23,24). The summed E-state index contributed by atoms with van der Waals surface area (Å²) < 4.78 is 5.58. The number of hydrogen-bond acceptors (Lipinski definition) is 5. The van der Waals surface area contributed by atoms with E-state index in [2.05, 4.69) is 46.0 Å². The largest absolute Gasteiger partial charge is 0.379 e. The molecule has 2 N–H and O–H groups in total. The van der Waals surface area contributed by atoms with Crippen LogP contribution < -0.4 is 10.6 Å². The molecule has 0 saturated carbocycles. The van der Waals surface area contributed by atoms with Gasteiger partial charge in [-0.25, -0.2) is 0 Å². The number of nitrogens with zero attached hydrogens (tertiary/aromatic N) is 3. The van der Waals surface area contributed by atoms with Crippen molar-refractivity contribution in [3.8, 4) is 0 Å². The zero-order valence-electron chi connectivity index (χ0n) is 18.0. The molecule has 0 radical (unpaired) electrons. The fourth-order valence-electron chi connectivity index (χ4n) is 4.81. The summed E-state index contributed by atoms with van der Waals surface area (Å²) in [6, 6.07) is 0.773. The van der Waals surface area contributed by atoms with Crippen molar-refractivity contribution in [1.29, 1.82) is 0 Å². The first kappa shape index (κ1) is 22.2. The molecular formula is C21H41N5OS. The highest BCUT2D eigenvalue weighted by Gasteiger charge is 2.40. The van der Waals surface area contributed by atoms with Crippen LogP contribution in [0.1, 0.15) is 46.0 Å². The summed E-state index contributed by atoms with van der Waals surface area (Å²) in [5.74, 6) is 3.43. The maximum atomic E-state index is 5.58. The van der Waals surface area contributed by atoms with Crippen molar-refractivity contribution in [3.05, 3.63) is 0 Å². The van der Waals surface area contributed by atoms with Gasteiger partial charge in [0.15, 0.2) is 5.96 Å². The van der Waals surface area contributed by atoms with Gasteiger partial charge in [0.2, 0.25) is 0 Å². The van der Waals surface area contributed by atoms with Crippen LogP contribution in [0.3, 0.4) is 0 Å². The Morgan fingerprint density at radius 2 is 2.04 bits per heavy atom. The van der Waals surface area contributed by atoms with Gasteiger partial charge in [0.25, 0.3) is 0 Å². The van der Waals surface area contributed by atoms with Gasteiger partial charge >= 0.3 is 0 Å². The molecule has 0 spiro atoms. The zero-order valence-corrected chi connectivity index (χ0v) is 18.9. The maximum absolute atomic E-state index is 5.58. The van der Waals surface area contributed by atoms with Crippen LogP contribution in [0, 0.1) is 0 Å². The number of aliphatic imine (C=N–C) groups is 1. The molecular weight excluding hydrogens is 370 g/mol. The van der Waals surface area contributed by atoms with Crippen molar-refractivity contribution in [1.82, 2.24) is 20.4 Å². The molecule has 7 heteroatoms. The van der Waals surface area contributed by atoms with Gasteiger partial charge in [-0.05, 0) is 44.9 Å². The zero-order chi connectivity index (χ0) is 19.7. The number of nitrogens with one attached hydrogen (secondary N) is 2. The van der Waals surface area contributed by atoms with Gasteiger partial charge in [-0.3, -0.25) is 14.8 Å². The highest BCUT2D eigenvalue weighted by Crippen LogP contribution is 2.34.